The van der Waals surface area contributed by atoms with Crippen molar-refractivity contribution in [3.8, 4) is 45.7 Å². The third-order valence-corrected chi connectivity index (χ3v) is 8.44. The standard InChI is InChI=1S/C39H49N3O4/c1-4-6-8-10-11-13-17-29(16-12-9-7-5-2)27-46-39(45)31-23-21-30(22-24-31)36-40-37(32-18-14-15-19-34(32)43)42-38(41-36)33-25-20-28(3)26-35(33)44/h14-15,18-26,29,43-44H,4-13,16-17,27H2,1-3H3. The van der Waals surface area contributed by atoms with E-state index in [1.54, 1.807) is 60.7 Å². The minimum atomic E-state index is -0.330. The van der Waals surface area contributed by atoms with Crippen LogP contribution in [0.25, 0.3) is 34.2 Å². The Balaban J connectivity index is 1.49. The van der Waals surface area contributed by atoms with E-state index in [2.05, 4.69) is 28.8 Å². The van der Waals surface area contributed by atoms with E-state index >= 15 is 0 Å². The second-order valence-corrected chi connectivity index (χ2v) is 12.3. The Kier molecular flexibility index (Phi) is 13.6. The molecule has 4 aromatic rings. The molecular formula is C39H49N3O4. The van der Waals surface area contributed by atoms with Gasteiger partial charge in [0.1, 0.15) is 11.5 Å². The van der Waals surface area contributed by atoms with Gasteiger partial charge in [-0.25, -0.2) is 19.7 Å². The number of unbranched alkanes of at least 4 members (excludes halogenated alkanes) is 8. The highest BCUT2D eigenvalue weighted by atomic mass is 16.5. The van der Waals surface area contributed by atoms with Gasteiger partial charge in [0.25, 0.3) is 0 Å². The van der Waals surface area contributed by atoms with Crippen LogP contribution in [0.1, 0.15) is 107 Å². The van der Waals surface area contributed by atoms with Crippen molar-refractivity contribution in [2.75, 3.05) is 6.61 Å². The second kappa shape index (κ2) is 18.0. The van der Waals surface area contributed by atoms with E-state index in [1.165, 1.54) is 64.2 Å². The number of benzene rings is 3. The maximum absolute atomic E-state index is 13.1. The molecule has 46 heavy (non-hydrogen) atoms. The monoisotopic (exact) mass is 623 g/mol. The highest BCUT2D eigenvalue weighted by Gasteiger charge is 2.18. The number of carbonyl (C=O) groups is 1. The van der Waals surface area contributed by atoms with Crippen LogP contribution in [0.3, 0.4) is 0 Å². The van der Waals surface area contributed by atoms with Crippen LogP contribution in [0, 0.1) is 12.8 Å². The number of esters is 1. The molecule has 0 spiro atoms. The highest BCUT2D eigenvalue weighted by molar-refractivity contribution is 5.90. The molecule has 7 nitrogen and oxygen atoms in total. The first-order valence-electron chi connectivity index (χ1n) is 17.0. The smallest absolute Gasteiger partial charge is 0.338 e. The van der Waals surface area contributed by atoms with Gasteiger partial charge in [0.15, 0.2) is 17.5 Å². The fourth-order valence-corrected chi connectivity index (χ4v) is 5.66. The van der Waals surface area contributed by atoms with Gasteiger partial charge in [-0.05, 0) is 67.6 Å². The number of phenols is 2. The third kappa shape index (κ3) is 10.1. The van der Waals surface area contributed by atoms with E-state index in [-0.39, 0.29) is 29.1 Å². The minimum Gasteiger partial charge on any atom is -0.507 e. The van der Waals surface area contributed by atoms with Crippen molar-refractivity contribution in [1.29, 1.82) is 0 Å². The summed E-state index contributed by atoms with van der Waals surface area (Å²) in [7, 11) is 0. The lowest BCUT2D eigenvalue weighted by Crippen LogP contribution is -2.15. The van der Waals surface area contributed by atoms with Crippen molar-refractivity contribution in [1.82, 2.24) is 15.0 Å². The van der Waals surface area contributed by atoms with Crippen molar-refractivity contribution in [3.63, 3.8) is 0 Å². The lowest BCUT2D eigenvalue weighted by molar-refractivity contribution is 0.0422. The first kappa shape index (κ1) is 34.6. The summed E-state index contributed by atoms with van der Waals surface area (Å²) < 4.78 is 5.84. The molecule has 0 aliphatic carbocycles. The van der Waals surface area contributed by atoms with Crippen LogP contribution in [0.5, 0.6) is 11.5 Å². The summed E-state index contributed by atoms with van der Waals surface area (Å²) in [5.41, 5.74) is 2.95. The number of aryl methyl sites for hydroxylation is 1. The molecule has 1 unspecified atom stereocenters. The van der Waals surface area contributed by atoms with Gasteiger partial charge in [0.2, 0.25) is 0 Å². The molecule has 2 N–H and O–H groups in total. The molecule has 0 aliphatic rings. The molecule has 0 bridgehead atoms. The Labute approximate surface area is 274 Å². The average Bonchev–Trinajstić information content (AvgIpc) is 3.06. The van der Waals surface area contributed by atoms with Crippen molar-refractivity contribution in [3.05, 3.63) is 77.9 Å². The van der Waals surface area contributed by atoms with E-state index in [4.69, 9.17) is 4.74 Å². The zero-order valence-electron chi connectivity index (χ0n) is 27.7. The zero-order valence-corrected chi connectivity index (χ0v) is 27.7. The fraction of sp³-hybridized carbons (Fsp3) is 0.436. The largest absolute Gasteiger partial charge is 0.507 e. The van der Waals surface area contributed by atoms with Gasteiger partial charge >= 0.3 is 5.97 Å². The summed E-state index contributed by atoms with van der Waals surface area (Å²) in [5, 5.41) is 21.2. The third-order valence-electron chi connectivity index (χ3n) is 8.44. The topological polar surface area (TPSA) is 105 Å². The summed E-state index contributed by atoms with van der Waals surface area (Å²) in [6.07, 6.45) is 14.6. The molecule has 0 aliphatic heterocycles. The Hall–Kier alpha value is -4.26. The fourth-order valence-electron chi connectivity index (χ4n) is 5.66. The van der Waals surface area contributed by atoms with Gasteiger partial charge in [-0.15, -0.1) is 0 Å². The molecule has 0 saturated carbocycles. The molecule has 1 heterocycles. The van der Waals surface area contributed by atoms with E-state index in [0.717, 1.165) is 18.4 Å². The SMILES string of the molecule is CCCCCCCCC(CCCCCC)COC(=O)c1ccc(-c2nc(-c3ccccc3O)nc(-c3ccc(C)cc3O)n2)cc1. The van der Waals surface area contributed by atoms with Gasteiger partial charge in [-0.2, -0.15) is 0 Å². The van der Waals surface area contributed by atoms with E-state index in [9.17, 15) is 15.0 Å². The number of ether oxygens (including phenoxy) is 1. The quantitative estimate of drug-likeness (QED) is 0.0839. The number of phenolic OH excluding ortho intramolecular Hbond substituents is 2. The first-order valence-corrected chi connectivity index (χ1v) is 17.0. The van der Waals surface area contributed by atoms with Gasteiger partial charge < -0.3 is 14.9 Å². The van der Waals surface area contributed by atoms with Crippen LogP contribution in [0.2, 0.25) is 0 Å². The van der Waals surface area contributed by atoms with Crippen molar-refractivity contribution in [2.24, 2.45) is 5.92 Å². The van der Waals surface area contributed by atoms with E-state index in [0.29, 0.717) is 40.6 Å². The second-order valence-electron chi connectivity index (χ2n) is 12.3. The van der Waals surface area contributed by atoms with Gasteiger partial charge in [0, 0.05) is 5.56 Å². The van der Waals surface area contributed by atoms with Crippen molar-refractivity contribution in [2.45, 2.75) is 97.8 Å². The van der Waals surface area contributed by atoms with Crippen molar-refractivity contribution < 1.29 is 19.7 Å². The van der Waals surface area contributed by atoms with Crippen LogP contribution < -0.4 is 0 Å². The van der Waals surface area contributed by atoms with E-state index in [1.807, 2.05) is 13.0 Å². The Morgan fingerprint density at radius 2 is 1.24 bits per heavy atom. The summed E-state index contributed by atoms with van der Waals surface area (Å²) in [5.74, 6) is 1.06. The Bertz CT molecular complexity index is 1540. The van der Waals surface area contributed by atoms with E-state index < -0.39 is 0 Å². The molecule has 0 saturated heterocycles. The number of nitrogens with zero attached hydrogens (tertiary/aromatic N) is 3. The normalized spacial score (nSPS) is 11.8. The number of carbonyl (C=O) groups excluding carboxylic acids is 1. The van der Waals surface area contributed by atoms with Crippen molar-refractivity contribution >= 4 is 5.97 Å². The molecule has 1 aromatic heterocycles. The summed E-state index contributed by atoms with van der Waals surface area (Å²) >= 11 is 0. The molecule has 4 rings (SSSR count). The molecular weight excluding hydrogens is 574 g/mol. The molecule has 1 atom stereocenters. The molecule has 244 valence electrons. The number of aromatic nitrogens is 3. The maximum Gasteiger partial charge on any atom is 0.338 e. The lowest BCUT2D eigenvalue weighted by Gasteiger charge is -2.17. The molecule has 3 aromatic carbocycles. The summed E-state index contributed by atoms with van der Waals surface area (Å²) in [6.45, 7) is 6.81. The molecule has 0 fully saturated rings. The van der Waals surface area contributed by atoms with Gasteiger partial charge in [0.05, 0.1) is 23.3 Å². The maximum atomic E-state index is 13.1. The van der Waals surface area contributed by atoms with Crippen LogP contribution in [0.15, 0.2) is 66.7 Å². The van der Waals surface area contributed by atoms with Crippen LogP contribution in [-0.4, -0.2) is 37.7 Å². The van der Waals surface area contributed by atoms with Gasteiger partial charge in [-0.3, -0.25) is 0 Å². The van der Waals surface area contributed by atoms with Crippen LogP contribution in [-0.2, 0) is 4.74 Å². The number of aromatic hydroxyl groups is 2. The van der Waals surface area contributed by atoms with Crippen LogP contribution in [0.4, 0.5) is 0 Å². The molecule has 0 amide bonds. The average molecular weight is 624 g/mol. The predicted molar refractivity (Wildman–Crippen MR) is 185 cm³/mol. The number of hydrogen-bond acceptors (Lipinski definition) is 7. The number of hydrogen-bond donors (Lipinski definition) is 2. The predicted octanol–water partition coefficient (Wildman–Crippen LogP) is 10.1. The number of para-hydroxylation sites is 1. The minimum absolute atomic E-state index is 0.0389. The Morgan fingerprint density at radius 1 is 0.674 bits per heavy atom. The molecule has 0 radical (unpaired) electrons. The molecule has 7 heteroatoms. The highest BCUT2D eigenvalue weighted by Crippen LogP contribution is 2.33. The number of rotatable bonds is 18. The first-order chi connectivity index (χ1) is 22.4. The summed E-state index contributed by atoms with van der Waals surface area (Å²) in [4.78, 5) is 27.0. The van der Waals surface area contributed by atoms with Crippen LogP contribution >= 0.6 is 0 Å². The summed E-state index contributed by atoms with van der Waals surface area (Å²) in [6, 6.07) is 19.2. The zero-order chi connectivity index (χ0) is 32.7. The van der Waals surface area contributed by atoms with Gasteiger partial charge in [-0.1, -0.05) is 108 Å². The Morgan fingerprint density at radius 3 is 1.87 bits per heavy atom. The lowest BCUT2D eigenvalue weighted by atomic mass is 9.95.